The molecule has 0 aliphatic rings. The standard InChI is InChI=1S/CH4.Ce.Co.H2S/h1H4;;;1H2. The first-order chi connectivity index (χ1) is 0. The summed E-state index contributed by atoms with van der Waals surface area (Å²) >= 11 is 0. The molecule has 0 bridgehead atoms. The van der Waals surface area contributed by atoms with Gasteiger partial charge in [-0.05, 0) is 0 Å². The second kappa shape index (κ2) is 18.8. The molecule has 0 aliphatic heterocycles. The molecule has 0 rings (SSSR count). The summed E-state index contributed by atoms with van der Waals surface area (Å²) in [5.74, 6) is 0. The third kappa shape index (κ3) is 8.87. The van der Waals surface area contributed by atoms with Crippen LogP contribution in [0.25, 0.3) is 0 Å². The summed E-state index contributed by atoms with van der Waals surface area (Å²) in [4.78, 5) is 0. The first-order valence-electron chi connectivity index (χ1n) is 0. The average molecular weight is 249 g/mol. The molecule has 0 unspecified atom stereocenters. The molecule has 0 saturated carbocycles. The van der Waals surface area contributed by atoms with Crippen molar-refractivity contribution in [2.45, 2.75) is 7.43 Å². The Balaban J connectivity index is 0. The zero-order valence-corrected chi connectivity index (χ0v) is 6.51. The van der Waals surface area contributed by atoms with Crippen molar-refractivity contribution in [1.82, 2.24) is 0 Å². The first kappa shape index (κ1) is 34.2. The quantitative estimate of drug-likeness (QED) is 0.594. The first-order valence-corrected chi connectivity index (χ1v) is 0. The summed E-state index contributed by atoms with van der Waals surface area (Å²) in [6.45, 7) is 0. The van der Waals surface area contributed by atoms with E-state index >= 15 is 0 Å². The van der Waals surface area contributed by atoms with E-state index in [-0.39, 0.29) is 79.4 Å². The Hall–Kier alpha value is 2.23. The number of hydrogen-bond donors (Lipinski definition) is 0. The van der Waals surface area contributed by atoms with Crippen molar-refractivity contribution >= 4 is 13.5 Å². The number of rotatable bonds is 0. The van der Waals surface area contributed by atoms with Crippen molar-refractivity contribution in [2.24, 2.45) is 0 Å². The monoisotopic (exact) mass is 249 g/mol. The number of hydrogen-bond acceptors (Lipinski definition) is 0. The van der Waals surface area contributed by atoms with Gasteiger partial charge in [-0.15, -0.1) is 0 Å². The molecule has 0 saturated heterocycles. The van der Waals surface area contributed by atoms with Crippen LogP contribution in [0.2, 0.25) is 0 Å². The van der Waals surface area contributed by atoms with Crippen LogP contribution in [0.5, 0.6) is 0 Å². The molecular formula is CH6CeCoS. The third-order valence-corrected chi connectivity index (χ3v) is 0. The molecular weight excluding hydrogens is 243 g/mol. The van der Waals surface area contributed by atoms with Crippen LogP contribution in [0, 0.1) is 41.7 Å². The van der Waals surface area contributed by atoms with Crippen molar-refractivity contribution < 1.29 is 58.5 Å². The Morgan fingerprint density at radius 2 is 1.00 bits per heavy atom. The molecule has 0 N–H and O–H groups in total. The molecule has 4 heavy (non-hydrogen) atoms. The van der Waals surface area contributed by atoms with Gasteiger partial charge in [-0.3, -0.25) is 0 Å². The fourth-order valence-electron chi connectivity index (χ4n) is 0. The fourth-order valence-corrected chi connectivity index (χ4v) is 0. The Kier molecular flexibility index (Phi) is 161. The molecule has 0 nitrogen and oxygen atoms in total. The van der Waals surface area contributed by atoms with Crippen LogP contribution in [0.4, 0.5) is 0 Å². The summed E-state index contributed by atoms with van der Waals surface area (Å²) in [7, 11) is 0. The Morgan fingerprint density at radius 1 is 1.00 bits per heavy atom. The molecule has 0 aromatic heterocycles. The van der Waals surface area contributed by atoms with Crippen LogP contribution in [0.3, 0.4) is 0 Å². The van der Waals surface area contributed by atoms with Gasteiger partial charge in [0.25, 0.3) is 0 Å². The van der Waals surface area contributed by atoms with Crippen molar-refractivity contribution in [3.05, 3.63) is 0 Å². The molecule has 0 atom stereocenters. The van der Waals surface area contributed by atoms with Crippen LogP contribution in [-0.4, -0.2) is 0 Å². The largest absolute Gasteiger partial charge is 0.197 e. The van der Waals surface area contributed by atoms with E-state index in [0.29, 0.717) is 0 Å². The van der Waals surface area contributed by atoms with Gasteiger partial charge in [0.2, 0.25) is 0 Å². The smallest absolute Gasteiger partial charge is 0 e. The van der Waals surface area contributed by atoms with Gasteiger partial charge >= 0.3 is 0 Å². The van der Waals surface area contributed by atoms with Crippen LogP contribution in [-0.2, 0) is 16.8 Å². The molecule has 0 heterocycles. The van der Waals surface area contributed by atoms with E-state index in [0.717, 1.165) is 0 Å². The van der Waals surface area contributed by atoms with Crippen molar-refractivity contribution in [3.8, 4) is 0 Å². The molecule has 3 heteroatoms. The summed E-state index contributed by atoms with van der Waals surface area (Å²) in [6.07, 6.45) is 0. The van der Waals surface area contributed by atoms with Crippen molar-refractivity contribution in [3.63, 3.8) is 0 Å². The second-order valence-corrected chi connectivity index (χ2v) is 0. The van der Waals surface area contributed by atoms with Gasteiger partial charge < -0.3 is 0 Å². The second-order valence-electron chi connectivity index (χ2n) is 0. The van der Waals surface area contributed by atoms with Gasteiger partial charge in [0.1, 0.15) is 0 Å². The van der Waals surface area contributed by atoms with Crippen LogP contribution in [0.1, 0.15) is 7.43 Å². The predicted octanol–water partition coefficient (Wildman–Crippen LogP) is 0.746. The van der Waals surface area contributed by atoms with Crippen molar-refractivity contribution in [1.29, 1.82) is 0 Å². The topological polar surface area (TPSA) is 0 Å². The Morgan fingerprint density at radius 3 is 1.00 bits per heavy atom. The minimum absolute atomic E-state index is 0. The minimum atomic E-state index is 0. The summed E-state index contributed by atoms with van der Waals surface area (Å²) in [5, 5.41) is 0. The maximum Gasteiger partial charge on any atom is 0 e. The fraction of sp³-hybridized carbons (Fsp3) is 1.00. The molecule has 0 amide bonds. The predicted molar refractivity (Wildman–Crippen MR) is 17.1 cm³/mol. The Bertz CT molecular complexity index is 8.00. The maximum absolute atomic E-state index is 0. The molecule has 0 aromatic carbocycles. The molecule has 0 spiro atoms. The van der Waals surface area contributed by atoms with E-state index in [1.807, 2.05) is 0 Å². The molecule has 0 fully saturated rings. The van der Waals surface area contributed by atoms with Gasteiger partial charge in [-0.2, -0.15) is 13.5 Å². The van der Waals surface area contributed by atoms with E-state index in [9.17, 15) is 0 Å². The van der Waals surface area contributed by atoms with Gasteiger partial charge in [-0.25, -0.2) is 0 Å². The van der Waals surface area contributed by atoms with Gasteiger partial charge in [0.15, 0.2) is 0 Å². The zero-order chi connectivity index (χ0) is 0. The van der Waals surface area contributed by atoms with E-state index in [2.05, 4.69) is 0 Å². The van der Waals surface area contributed by atoms with E-state index in [1.54, 1.807) is 0 Å². The van der Waals surface area contributed by atoms with Gasteiger partial charge in [0.05, 0.1) is 0 Å². The third-order valence-electron chi connectivity index (χ3n) is 0. The van der Waals surface area contributed by atoms with E-state index in [4.69, 9.17) is 0 Å². The van der Waals surface area contributed by atoms with Crippen LogP contribution >= 0.6 is 13.5 Å². The summed E-state index contributed by atoms with van der Waals surface area (Å²) < 4.78 is 0. The van der Waals surface area contributed by atoms with Gasteiger partial charge in [0, 0.05) is 58.5 Å². The molecule has 29 valence electrons. The van der Waals surface area contributed by atoms with Crippen LogP contribution in [0.15, 0.2) is 0 Å². The van der Waals surface area contributed by atoms with Crippen molar-refractivity contribution in [2.75, 3.05) is 0 Å². The van der Waals surface area contributed by atoms with E-state index in [1.165, 1.54) is 0 Å². The average Bonchev–Trinajstić information content (AvgIpc) is 0. The summed E-state index contributed by atoms with van der Waals surface area (Å²) in [6, 6.07) is 0. The van der Waals surface area contributed by atoms with E-state index < -0.39 is 0 Å². The normalized spacial score (nSPS) is 0. The minimum Gasteiger partial charge on any atom is -0.197 e. The zero-order valence-electron chi connectivity index (χ0n) is 1.33. The summed E-state index contributed by atoms with van der Waals surface area (Å²) in [5.41, 5.74) is 0. The maximum atomic E-state index is 0. The SMILES string of the molecule is C.S.[Ce].[Co]. The molecule has 1 radical (unpaired) electrons. The van der Waals surface area contributed by atoms with Crippen LogP contribution < -0.4 is 0 Å². The van der Waals surface area contributed by atoms with Gasteiger partial charge in [-0.1, -0.05) is 7.43 Å². The molecule has 0 aromatic rings. The Labute approximate surface area is 78.1 Å². The molecule has 0 aliphatic carbocycles.